The number of carbonyl (C=O) groups excluding carboxylic acids is 1. The van der Waals surface area contributed by atoms with Gasteiger partial charge in [0.2, 0.25) is 10.0 Å². The second kappa shape index (κ2) is 10.6. The van der Waals surface area contributed by atoms with Gasteiger partial charge in [-0.1, -0.05) is 37.3 Å². The Bertz CT molecular complexity index is 906. The molecule has 0 spiro atoms. The third-order valence-electron chi connectivity index (χ3n) is 5.29. The standard InChI is InChI=1S/C23H30N2O4S/c1-19-12-14-25(15-13-19)23(26)21-8-10-22(11-9-21)24-30(27,28)17-5-16-29-18-20-6-3-2-4-7-20/h2-4,6-11,19,24H,5,12-18H2,1H3. The quantitative estimate of drug-likeness (QED) is 0.612. The van der Waals surface area contributed by atoms with E-state index in [1.54, 1.807) is 24.3 Å². The van der Waals surface area contributed by atoms with Gasteiger partial charge in [-0.25, -0.2) is 8.42 Å². The van der Waals surface area contributed by atoms with E-state index in [1.807, 2.05) is 35.2 Å². The van der Waals surface area contributed by atoms with Gasteiger partial charge in [0.25, 0.3) is 5.91 Å². The van der Waals surface area contributed by atoms with E-state index in [0.717, 1.165) is 31.5 Å². The van der Waals surface area contributed by atoms with Crippen LogP contribution in [0.3, 0.4) is 0 Å². The molecule has 0 saturated carbocycles. The average Bonchev–Trinajstić information content (AvgIpc) is 2.74. The van der Waals surface area contributed by atoms with E-state index in [-0.39, 0.29) is 11.7 Å². The second-order valence-electron chi connectivity index (χ2n) is 7.86. The molecular formula is C23H30N2O4S. The predicted molar refractivity (Wildman–Crippen MR) is 119 cm³/mol. The number of nitrogens with one attached hydrogen (secondary N) is 1. The Balaban J connectivity index is 1.42. The van der Waals surface area contributed by atoms with Crippen molar-refractivity contribution in [1.29, 1.82) is 0 Å². The Labute approximate surface area is 179 Å². The fraction of sp³-hybridized carbons (Fsp3) is 0.435. The number of nitrogens with zero attached hydrogens (tertiary/aromatic N) is 1. The normalized spacial score (nSPS) is 15.2. The monoisotopic (exact) mass is 430 g/mol. The van der Waals surface area contributed by atoms with Crippen molar-refractivity contribution in [2.75, 3.05) is 30.2 Å². The summed E-state index contributed by atoms with van der Waals surface area (Å²) in [6.07, 6.45) is 2.46. The van der Waals surface area contributed by atoms with Crippen LogP contribution in [0.2, 0.25) is 0 Å². The molecule has 0 radical (unpaired) electrons. The van der Waals surface area contributed by atoms with Gasteiger partial charge >= 0.3 is 0 Å². The van der Waals surface area contributed by atoms with Crippen LogP contribution in [0.4, 0.5) is 5.69 Å². The fourth-order valence-corrected chi connectivity index (χ4v) is 4.52. The van der Waals surface area contributed by atoms with Crippen LogP contribution in [-0.2, 0) is 21.4 Å². The highest BCUT2D eigenvalue weighted by atomic mass is 32.2. The lowest BCUT2D eigenvalue weighted by Crippen LogP contribution is -2.37. The molecule has 0 bridgehead atoms. The van der Waals surface area contributed by atoms with E-state index in [2.05, 4.69) is 11.6 Å². The highest BCUT2D eigenvalue weighted by Gasteiger charge is 2.21. The first-order valence-corrected chi connectivity index (χ1v) is 12.1. The van der Waals surface area contributed by atoms with Crippen LogP contribution in [-0.4, -0.2) is 44.7 Å². The third kappa shape index (κ3) is 6.85. The van der Waals surface area contributed by atoms with Gasteiger partial charge in [-0.2, -0.15) is 0 Å². The fourth-order valence-electron chi connectivity index (χ4n) is 3.42. The molecule has 0 atom stereocenters. The molecule has 1 saturated heterocycles. The molecular weight excluding hydrogens is 400 g/mol. The number of benzene rings is 2. The largest absolute Gasteiger partial charge is 0.377 e. The minimum absolute atomic E-state index is 0.00636. The predicted octanol–water partition coefficient (Wildman–Crippen LogP) is 3.91. The highest BCUT2D eigenvalue weighted by molar-refractivity contribution is 7.92. The number of likely N-dealkylation sites (tertiary alicyclic amines) is 1. The summed E-state index contributed by atoms with van der Waals surface area (Å²) in [7, 11) is -3.46. The van der Waals surface area contributed by atoms with Crippen molar-refractivity contribution < 1.29 is 17.9 Å². The van der Waals surface area contributed by atoms with Gasteiger partial charge in [-0.3, -0.25) is 9.52 Å². The molecule has 1 aliphatic heterocycles. The topological polar surface area (TPSA) is 75.7 Å². The average molecular weight is 431 g/mol. The third-order valence-corrected chi connectivity index (χ3v) is 6.66. The van der Waals surface area contributed by atoms with E-state index in [4.69, 9.17) is 4.74 Å². The van der Waals surface area contributed by atoms with Crippen molar-refractivity contribution in [1.82, 2.24) is 4.90 Å². The number of hydrogen-bond donors (Lipinski definition) is 1. The molecule has 6 nitrogen and oxygen atoms in total. The summed E-state index contributed by atoms with van der Waals surface area (Å²) < 4.78 is 32.7. The van der Waals surface area contributed by atoms with Crippen molar-refractivity contribution in [3.05, 3.63) is 65.7 Å². The molecule has 1 heterocycles. The molecule has 1 amide bonds. The Morgan fingerprint density at radius 2 is 1.73 bits per heavy atom. The minimum Gasteiger partial charge on any atom is -0.377 e. The smallest absolute Gasteiger partial charge is 0.253 e. The van der Waals surface area contributed by atoms with Crippen molar-refractivity contribution in [3.63, 3.8) is 0 Å². The van der Waals surface area contributed by atoms with Crippen LogP contribution in [0, 0.1) is 5.92 Å². The lowest BCUT2D eigenvalue weighted by Gasteiger charge is -2.30. The minimum atomic E-state index is -3.46. The maximum Gasteiger partial charge on any atom is 0.253 e. The summed E-state index contributed by atoms with van der Waals surface area (Å²) in [6, 6.07) is 16.4. The van der Waals surface area contributed by atoms with Crippen molar-refractivity contribution in [2.45, 2.75) is 32.8 Å². The maximum atomic E-state index is 12.6. The number of hydrogen-bond acceptors (Lipinski definition) is 4. The summed E-state index contributed by atoms with van der Waals surface area (Å²) in [5, 5.41) is 0. The van der Waals surface area contributed by atoms with Gasteiger partial charge in [-0.05, 0) is 55.0 Å². The number of amides is 1. The van der Waals surface area contributed by atoms with Crippen LogP contribution >= 0.6 is 0 Å². The van der Waals surface area contributed by atoms with Crippen LogP contribution < -0.4 is 4.72 Å². The first kappa shape index (κ1) is 22.3. The van der Waals surface area contributed by atoms with Gasteiger partial charge in [-0.15, -0.1) is 0 Å². The van der Waals surface area contributed by atoms with Crippen molar-refractivity contribution in [2.24, 2.45) is 5.92 Å². The first-order valence-electron chi connectivity index (χ1n) is 10.4. The molecule has 1 aliphatic rings. The number of rotatable bonds is 9. The zero-order valence-electron chi connectivity index (χ0n) is 17.4. The molecule has 2 aromatic rings. The number of sulfonamides is 1. The van der Waals surface area contributed by atoms with Crippen LogP contribution in [0.1, 0.15) is 42.1 Å². The number of piperidine rings is 1. The molecule has 2 aromatic carbocycles. The van der Waals surface area contributed by atoms with Crippen LogP contribution in [0.25, 0.3) is 0 Å². The Morgan fingerprint density at radius 3 is 2.40 bits per heavy atom. The van der Waals surface area contributed by atoms with E-state index < -0.39 is 10.0 Å². The molecule has 3 rings (SSSR count). The summed E-state index contributed by atoms with van der Waals surface area (Å²) in [5.41, 5.74) is 2.11. The highest BCUT2D eigenvalue weighted by Crippen LogP contribution is 2.19. The summed E-state index contributed by atoms with van der Waals surface area (Å²) >= 11 is 0. The molecule has 0 aromatic heterocycles. The number of carbonyl (C=O) groups is 1. The van der Waals surface area contributed by atoms with Gasteiger partial charge in [0.05, 0.1) is 12.4 Å². The number of ether oxygens (including phenoxy) is 1. The van der Waals surface area contributed by atoms with Crippen molar-refractivity contribution >= 4 is 21.6 Å². The van der Waals surface area contributed by atoms with Crippen molar-refractivity contribution in [3.8, 4) is 0 Å². The molecule has 0 unspecified atom stereocenters. The van der Waals surface area contributed by atoms with Gasteiger partial charge in [0, 0.05) is 30.9 Å². The molecule has 7 heteroatoms. The molecule has 30 heavy (non-hydrogen) atoms. The lowest BCUT2D eigenvalue weighted by molar-refractivity contribution is 0.0697. The Kier molecular flexibility index (Phi) is 7.87. The summed E-state index contributed by atoms with van der Waals surface area (Å²) in [5.74, 6) is 0.649. The Morgan fingerprint density at radius 1 is 1.07 bits per heavy atom. The lowest BCUT2D eigenvalue weighted by atomic mass is 9.98. The van der Waals surface area contributed by atoms with Gasteiger partial charge < -0.3 is 9.64 Å². The SMILES string of the molecule is CC1CCN(C(=O)c2ccc(NS(=O)(=O)CCCOCc3ccccc3)cc2)CC1. The van der Waals surface area contributed by atoms with E-state index in [1.165, 1.54) is 0 Å². The molecule has 0 aliphatic carbocycles. The van der Waals surface area contributed by atoms with Gasteiger partial charge in [0.15, 0.2) is 0 Å². The van der Waals surface area contributed by atoms with Crippen LogP contribution in [0.5, 0.6) is 0 Å². The second-order valence-corrected chi connectivity index (χ2v) is 9.71. The van der Waals surface area contributed by atoms with Gasteiger partial charge in [0.1, 0.15) is 0 Å². The zero-order chi connectivity index (χ0) is 21.4. The first-order chi connectivity index (χ1) is 14.4. The van der Waals surface area contributed by atoms with E-state index in [9.17, 15) is 13.2 Å². The molecule has 1 fully saturated rings. The zero-order valence-corrected chi connectivity index (χ0v) is 18.2. The maximum absolute atomic E-state index is 12.6. The van der Waals surface area contributed by atoms with E-state index in [0.29, 0.717) is 36.8 Å². The Hall–Kier alpha value is -2.38. The number of anilines is 1. The molecule has 162 valence electrons. The summed E-state index contributed by atoms with van der Waals surface area (Å²) in [6.45, 7) is 4.61. The summed E-state index contributed by atoms with van der Waals surface area (Å²) in [4.78, 5) is 14.5. The van der Waals surface area contributed by atoms with Crippen LogP contribution in [0.15, 0.2) is 54.6 Å². The molecule has 1 N–H and O–H groups in total. The van der Waals surface area contributed by atoms with E-state index >= 15 is 0 Å².